The number of nitrogens with one attached hydrogen (secondary N) is 1. The number of amides is 1. The number of hydrogen-bond donors (Lipinski definition) is 2. The van der Waals surface area contributed by atoms with Crippen molar-refractivity contribution >= 4 is 11.6 Å². The van der Waals surface area contributed by atoms with E-state index in [1.807, 2.05) is 30.0 Å². The molecule has 1 aromatic rings. The molecule has 0 aliphatic carbocycles. The summed E-state index contributed by atoms with van der Waals surface area (Å²) in [5.41, 5.74) is 1.40. The van der Waals surface area contributed by atoms with Gasteiger partial charge in [0, 0.05) is 18.8 Å². The minimum atomic E-state index is -0.655. The lowest BCUT2D eigenvalue weighted by Gasteiger charge is -2.18. The molecule has 0 saturated carbocycles. The lowest BCUT2D eigenvalue weighted by Crippen LogP contribution is -2.35. The molecule has 20 heavy (non-hydrogen) atoms. The van der Waals surface area contributed by atoms with Gasteiger partial charge in [0.2, 0.25) is 5.91 Å². The van der Waals surface area contributed by atoms with Gasteiger partial charge in [-0.15, -0.1) is 0 Å². The van der Waals surface area contributed by atoms with E-state index in [1.54, 1.807) is 0 Å². The molecule has 0 spiro atoms. The Balaban J connectivity index is 1.90. The fourth-order valence-corrected chi connectivity index (χ4v) is 2.55. The summed E-state index contributed by atoms with van der Waals surface area (Å²) >= 11 is 0. The van der Waals surface area contributed by atoms with E-state index in [-0.39, 0.29) is 5.91 Å². The summed E-state index contributed by atoms with van der Waals surface area (Å²) in [7, 11) is 0. The normalized spacial score (nSPS) is 23.2. The summed E-state index contributed by atoms with van der Waals surface area (Å²) in [6.07, 6.45) is 0.725. The number of likely N-dealkylation sites (tertiary alicyclic amines) is 1. The molecule has 2 N–H and O–H groups in total. The Hall–Kier alpha value is -1.39. The van der Waals surface area contributed by atoms with Crippen molar-refractivity contribution in [1.29, 1.82) is 0 Å². The molecule has 0 radical (unpaired) electrons. The van der Waals surface area contributed by atoms with Crippen molar-refractivity contribution in [2.75, 3.05) is 25.0 Å². The molecular weight excluding hydrogens is 252 g/mol. The highest BCUT2D eigenvalue weighted by Crippen LogP contribution is 2.21. The predicted molar refractivity (Wildman–Crippen MR) is 80.8 cm³/mol. The van der Waals surface area contributed by atoms with Crippen LogP contribution in [0.1, 0.15) is 38.7 Å². The average Bonchev–Trinajstić information content (AvgIpc) is 2.68. The first-order valence-corrected chi connectivity index (χ1v) is 7.20. The van der Waals surface area contributed by atoms with Crippen molar-refractivity contribution in [3.05, 3.63) is 29.8 Å². The van der Waals surface area contributed by atoms with Gasteiger partial charge in [-0.2, -0.15) is 0 Å². The predicted octanol–water partition coefficient (Wildman–Crippen LogP) is 2.21. The van der Waals surface area contributed by atoms with Gasteiger partial charge in [-0.05, 0) is 37.0 Å². The third-order valence-electron chi connectivity index (χ3n) is 3.74. The Labute approximate surface area is 120 Å². The summed E-state index contributed by atoms with van der Waals surface area (Å²) < 4.78 is 0. The lowest BCUT2D eigenvalue weighted by molar-refractivity contribution is -0.117. The summed E-state index contributed by atoms with van der Waals surface area (Å²) in [4.78, 5) is 14.0. The lowest BCUT2D eigenvalue weighted by atomic mass is 10.0. The molecule has 2 rings (SSSR count). The molecular formula is C16H24N2O2. The van der Waals surface area contributed by atoms with Crippen molar-refractivity contribution in [3.63, 3.8) is 0 Å². The van der Waals surface area contributed by atoms with Gasteiger partial charge in [0.15, 0.2) is 0 Å². The molecule has 1 aliphatic heterocycles. The number of anilines is 1. The third kappa shape index (κ3) is 4.05. The second kappa shape index (κ2) is 5.94. The first kappa shape index (κ1) is 15.0. The Kier molecular flexibility index (Phi) is 4.45. The third-order valence-corrected chi connectivity index (χ3v) is 3.74. The number of nitrogens with zero attached hydrogens (tertiary/aromatic N) is 1. The van der Waals surface area contributed by atoms with Gasteiger partial charge in [-0.25, -0.2) is 0 Å². The number of carbonyl (C=O) groups is 1. The minimum Gasteiger partial charge on any atom is -0.389 e. The second-order valence-electron chi connectivity index (χ2n) is 6.29. The molecule has 110 valence electrons. The van der Waals surface area contributed by atoms with Crippen LogP contribution in [0.25, 0.3) is 0 Å². The SMILES string of the molecule is CC(C)c1cccc(NC(=O)CN2CCC(C)(O)C2)c1. The molecule has 1 amide bonds. The van der Waals surface area contributed by atoms with E-state index >= 15 is 0 Å². The topological polar surface area (TPSA) is 52.6 Å². The van der Waals surface area contributed by atoms with E-state index in [2.05, 4.69) is 25.2 Å². The van der Waals surface area contributed by atoms with Crippen LogP contribution in [-0.4, -0.2) is 41.1 Å². The number of rotatable bonds is 4. The maximum absolute atomic E-state index is 12.0. The molecule has 4 nitrogen and oxygen atoms in total. The number of β-amino-alcohol motifs (C(OH)–C–C–N with tert-alkyl or cyclic N) is 1. The van der Waals surface area contributed by atoms with Gasteiger partial charge in [0.1, 0.15) is 0 Å². The fourth-order valence-electron chi connectivity index (χ4n) is 2.55. The van der Waals surface area contributed by atoms with Crippen LogP contribution in [-0.2, 0) is 4.79 Å². The number of aliphatic hydroxyl groups is 1. The van der Waals surface area contributed by atoms with Gasteiger partial charge in [0.25, 0.3) is 0 Å². The minimum absolute atomic E-state index is 0.0244. The smallest absolute Gasteiger partial charge is 0.238 e. The number of carbonyl (C=O) groups excluding carboxylic acids is 1. The summed E-state index contributed by atoms with van der Waals surface area (Å²) in [6, 6.07) is 7.95. The Morgan fingerprint density at radius 2 is 2.25 bits per heavy atom. The Morgan fingerprint density at radius 1 is 1.50 bits per heavy atom. The molecule has 1 heterocycles. The molecule has 0 bridgehead atoms. The van der Waals surface area contributed by atoms with E-state index < -0.39 is 5.60 Å². The van der Waals surface area contributed by atoms with E-state index in [0.717, 1.165) is 18.7 Å². The summed E-state index contributed by atoms with van der Waals surface area (Å²) in [6.45, 7) is 7.75. The fraction of sp³-hybridized carbons (Fsp3) is 0.562. The van der Waals surface area contributed by atoms with Crippen LogP contribution in [0.5, 0.6) is 0 Å². The van der Waals surface area contributed by atoms with Crippen LogP contribution in [0.4, 0.5) is 5.69 Å². The van der Waals surface area contributed by atoms with Crippen molar-refractivity contribution in [1.82, 2.24) is 4.90 Å². The monoisotopic (exact) mass is 276 g/mol. The summed E-state index contributed by atoms with van der Waals surface area (Å²) in [5.74, 6) is 0.420. The van der Waals surface area contributed by atoms with Crippen LogP contribution in [0.2, 0.25) is 0 Å². The zero-order valence-corrected chi connectivity index (χ0v) is 12.5. The van der Waals surface area contributed by atoms with Gasteiger partial charge in [-0.1, -0.05) is 26.0 Å². The standard InChI is InChI=1S/C16H24N2O2/c1-12(2)13-5-4-6-14(9-13)17-15(19)10-18-8-7-16(3,20)11-18/h4-6,9,12,20H,7-8,10-11H2,1-3H3,(H,17,19). The van der Waals surface area contributed by atoms with Crippen molar-refractivity contribution in [3.8, 4) is 0 Å². The Bertz CT molecular complexity index is 483. The van der Waals surface area contributed by atoms with Crippen molar-refractivity contribution in [2.45, 2.75) is 38.7 Å². The maximum Gasteiger partial charge on any atom is 0.238 e. The molecule has 1 atom stereocenters. The second-order valence-corrected chi connectivity index (χ2v) is 6.29. The van der Waals surface area contributed by atoms with Crippen LogP contribution in [0, 0.1) is 0 Å². The maximum atomic E-state index is 12.0. The average molecular weight is 276 g/mol. The van der Waals surface area contributed by atoms with Gasteiger partial charge in [0.05, 0.1) is 12.1 Å². The Morgan fingerprint density at radius 3 is 2.85 bits per heavy atom. The highest BCUT2D eigenvalue weighted by molar-refractivity contribution is 5.92. The first-order valence-electron chi connectivity index (χ1n) is 7.20. The molecule has 1 fully saturated rings. The van der Waals surface area contributed by atoms with E-state index in [9.17, 15) is 9.90 Å². The number of hydrogen-bond acceptors (Lipinski definition) is 3. The number of benzene rings is 1. The van der Waals surface area contributed by atoms with Gasteiger partial charge in [-0.3, -0.25) is 9.69 Å². The molecule has 4 heteroatoms. The highest BCUT2D eigenvalue weighted by atomic mass is 16.3. The van der Waals surface area contributed by atoms with E-state index in [4.69, 9.17) is 0 Å². The summed E-state index contributed by atoms with van der Waals surface area (Å²) in [5, 5.41) is 12.8. The van der Waals surface area contributed by atoms with E-state index in [1.165, 1.54) is 5.56 Å². The van der Waals surface area contributed by atoms with E-state index in [0.29, 0.717) is 19.0 Å². The van der Waals surface area contributed by atoms with Crippen LogP contribution in [0.15, 0.2) is 24.3 Å². The zero-order chi connectivity index (χ0) is 14.8. The highest BCUT2D eigenvalue weighted by Gasteiger charge is 2.31. The van der Waals surface area contributed by atoms with Gasteiger partial charge >= 0.3 is 0 Å². The molecule has 1 aliphatic rings. The van der Waals surface area contributed by atoms with Gasteiger partial charge < -0.3 is 10.4 Å². The molecule has 1 unspecified atom stereocenters. The molecule has 1 saturated heterocycles. The largest absolute Gasteiger partial charge is 0.389 e. The first-order chi connectivity index (χ1) is 9.35. The van der Waals surface area contributed by atoms with Crippen molar-refractivity contribution < 1.29 is 9.90 Å². The quantitative estimate of drug-likeness (QED) is 0.886. The van der Waals surface area contributed by atoms with Crippen LogP contribution in [0.3, 0.4) is 0 Å². The zero-order valence-electron chi connectivity index (χ0n) is 12.5. The van der Waals surface area contributed by atoms with Crippen LogP contribution < -0.4 is 5.32 Å². The van der Waals surface area contributed by atoms with Crippen molar-refractivity contribution in [2.24, 2.45) is 0 Å². The molecule has 1 aromatic carbocycles. The molecule has 0 aromatic heterocycles. The van der Waals surface area contributed by atoms with Crippen LogP contribution >= 0.6 is 0 Å².